The third kappa shape index (κ3) is 2.91. The average molecular weight is 293 g/mol. The average Bonchev–Trinajstić information content (AvgIpc) is 2.43. The first kappa shape index (κ1) is 14.7. The predicted molar refractivity (Wildman–Crippen MR) is 75.0 cm³/mol. The van der Waals surface area contributed by atoms with Crippen molar-refractivity contribution in [2.24, 2.45) is 0 Å². The minimum Gasteiger partial charge on any atom is -0.370 e. The van der Waals surface area contributed by atoms with Gasteiger partial charge >= 0.3 is 5.69 Å². The van der Waals surface area contributed by atoms with E-state index in [4.69, 9.17) is 0 Å². The summed E-state index contributed by atoms with van der Waals surface area (Å²) in [6, 6.07) is 2.08. The normalized spacial score (nSPS) is 18.4. The van der Waals surface area contributed by atoms with Crippen molar-refractivity contribution >= 4 is 29.1 Å². The van der Waals surface area contributed by atoms with E-state index >= 15 is 0 Å². The molecule has 1 aromatic heterocycles. The van der Waals surface area contributed by atoms with Crippen LogP contribution in [0.2, 0.25) is 0 Å². The highest BCUT2D eigenvalue weighted by Crippen LogP contribution is 2.29. The van der Waals surface area contributed by atoms with E-state index in [0.717, 1.165) is 0 Å². The number of pyridine rings is 1. The summed E-state index contributed by atoms with van der Waals surface area (Å²) < 4.78 is 0. The maximum atomic E-state index is 11.7. The van der Waals surface area contributed by atoms with E-state index in [-0.39, 0.29) is 18.1 Å². The number of nitrogens with zero attached hydrogens (tertiary/aromatic N) is 3. The Hall–Kier alpha value is -2.71. The van der Waals surface area contributed by atoms with E-state index in [1.54, 1.807) is 6.92 Å². The van der Waals surface area contributed by atoms with Crippen molar-refractivity contribution in [2.45, 2.75) is 19.9 Å². The molecule has 0 aromatic carbocycles. The molecule has 1 aliphatic heterocycles. The molecule has 1 aromatic rings. The second-order valence-corrected chi connectivity index (χ2v) is 4.54. The fraction of sp³-hybridized carbons (Fsp3) is 0.417. The summed E-state index contributed by atoms with van der Waals surface area (Å²) in [7, 11) is 0. The number of aromatic nitrogens is 1. The van der Waals surface area contributed by atoms with Crippen LogP contribution in [0.25, 0.3) is 0 Å². The number of piperazine rings is 1. The monoisotopic (exact) mass is 293 g/mol. The number of hydrogen-bond acceptors (Lipinski definition) is 7. The molecule has 0 bridgehead atoms. The number of imide groups is 1. The Labute approximate surface area is 120 Å². The lowest BCUT2D eigenvalue weighted by Crippen LogP contribution is -2.57. The number of carbonyl (C=O) groups is 2. The lowest BCUT2D eigenvalue weighted by Gasteiger charge is -2.32. The molecule has 0 radical (unpaired) electrons. The van der Waals surface area contributed by atoms with Crippen LogP contribution in [-0.4, -0.2) is 40.9 Å². The molecule has 1 aliphatic rings. The fourth-order valence-electron chi connectivity index (χ4n) is 2.05. The van der Waals surface area contributed by atoms with Gasteiger partial charge in [-0.05, 0) is 19.9 Å². The Bertz CT molecular complexity index is 603. The van der Waals surface area contributed by atoms with E-state index in [9.17, 15) is 19.7 Å². The zero-order chi connectivity index (χ0) is 15.6. The molecule has 2 N–H and O–H groups in total. The summed E-state index contributed by atoms with van der Waals surface area (Å²) in [5.74, 6) is -0.558. The van der Waals surface area contributed by atoms with Crippen LogP contribution in [0.5, 0.6) is 0 Å². The topological polar surface area (TPSA) is 117 Å². The van der Waals surface area contributed by atoms with Crippen LogP contribution < -0.4 is 15.5 Å². The van der Waals surface area contributed by atoms with Crippen molar-refractivity contribution in [3.63, 3.8) is 0 Å². The van der Waals surface area contributed by atoms with Crippen LogP contribution in [-0.2, 0) is 9.59 Å². The molecule has 9 nitrogen and oxygen atoms in total. The molecule has 2 heterocycles. The van der Waals surface area contributed by atoms with Gasteiger partial charge in [-0.1, -0.05) is 0 Å². The molecule has 2 rings (SSSR count). The van der Waals surface area contributed by atoms with Crippen molar-refractivity contribution in [2.75, 3.05) is 23.3 Å². The van der Waals surface area contributed by atoms with E-state index in [1.165, 1.54) is 17.0 Å². The molecule has 1 atom stereocenters. The molecule has 2 amide bonds. The molecule has 112 valence electrons. The lowest BCUT2D eigenvalue weighted by atomic mass is 10.2. The van der Waals surface area contributed by atoms with Gasteiger partial charge in [0.25, 0.3) is 0 Å². The van der Waals surface area contributed by atoms with Crippen LogP contribution in [0.15, 0.2) is 12.1 Å². The smallest absolute Gasteiger partial charge is 0.311 e. The molecule has 1 unspecified atom stereocenters. The molecule has 1 fully saturated rings. The quantitative estimate of drug-likeness (QED) is 0.465. The van der Waals surface area contributed by atoms with E-state index in [1.807, 2.05) is 6.92 Å². The second kappa shape index (κ2) is 5.73. The Kier molecular flexibility index (Phi) is 4.01. The van der Waals surface area contributed by atoms with Gasteiger partial charge in [0, 0.05) is 12.6 Å². The fourth-order valence-corrected chi connectivity index (χ4v) is 2.05. The zero-order valence-electron chi connectivity index (χ0n) is 11.6. The summed E-state index contributed by atoms with van der Waals surface area (Å²) in [4.78, 5) is 39.3. The van der Waals surface area contributed by atoms with Crippen LogP contribution >= 0.6 is 0 Å². The maximum Gasteiger partial charge on any atom is 0.311 e. The first-order chi connectivity index (χ1) is 9.93. The van der Waals surface area contributed by atoms with Gasteiger partial charge in [0.2, 0.25) is 17.6 Å². The van der Waals surface area contributed by atoms with Gasteiger partial charge in [0.05, 0.1) is 11.5 Å². The highest BCUT2D eigenvalue weighted by atomic mass is 16.6. The minimum absolute atomic E-state index is 0.00847. The highest BCUT2D eigenvalue weighted by molar-refractivity contribution is 6.04. The van der Waals surface area contributed by atoms with E-state index < -0.39 is 22.8 Å². The van der Waals surface area contributed by atoms with E-state index in [2.05, 4.69) is 15.6 Å². The van der Waals surface area contributed by atoms with Crippen molar-refractivity contribution < 1.29 is 14.5 Å². The number of anilines is 2. The summed E-state index contributed by atoms with van der Waals surface area (Å²) in [5, 5.41) is 16.3. The zero-order valence-corrected chi connectivity index (χ0v) is 11.6. The van der Waals surface area contributed by atoms with Gasteiger partial charge in [-0.25, -0.2) is 4.98 Å². The van der Waals surface area contributed by atoms with Crippen molar-refractivity contribution in [1.82, 2.24) is 10.3 Å². The van der Waals surface area contributed by atoms with Gasteiger partial charge in [0.1, 0.15) is 11.9 Å². The van der Waals surface area contributed by atoms with Gasteiger partial charge in [-0.2, -0.15) is 0 Å². The summed E-state index contributed by atoms with van der Waals surface area (Å²) >= 11 is 0. The van der Waals surface area contributed by atoms with Crippen LogP contribution in [0.4, 0.5) is 17.3 Å². The van der Waals surface area contributed by atoms with Crippen molar-refractivity contribution in [3.05, 3.63) is 22.2 Å². The molecule has 0 spiro atoms. The standard InChI is InChI=1S/C12H15N5O4/c1-3-13-9-5-4-8(17(20)21)11(14-9)16-6-10(18)15-12(19)7(16)2/h4-5,7H,3,6H2,1-2H3,(H,13,14)(H,15,18,19). The molecular formula is C12H15N5O4. The van der Waals surface area contributed by atoms with Gasteiger partial charge in [-0.15, -0.1) is 0 Å². The minimum atomic E-state index is -0.717. The SMILES string of the molecule is CCNc1ccc([N+](=O)[O-])c(N2CC(=O)NC(=O)C2C)n1. The van der Waals surface area contributed by atoms with Crippen molar-refractivity contribution in [1.29, 1.82) is 0 Å². The van der Waals surface area contributed by atoms with Gasteiger partial charge in [-0.3, -0.25) is 25.0 Å². The number of nitro groups is 1. The predicted octanol–water partition coefficient (Wildman–Crippen LogP) is 0.273. The lowest BCUT2D eigenvalue weighted by molar-refractivity contribution is -0.384. The van der Waals surface area contributed by atoms with Crippen molar-refractivity contribution in [3.8, 4) is 0 Å². The highest BCUT2D eigenvalue weighted by Gasteiger charge is 2.35. The number of nitrogens with one attached hydrogen (secondary N) is 2. The summed E-state index contributed by atoms with van der Waals surface area (Å²) in [6.07, 6.45) is 0. The molecule has 21 heavy (non-hydrogen) atoms. The Morgan fingerprint density at radius 2 is 2.24 bits per heavy atom. The third-order valence-electron chi connectivity index (χ3n) is 3.10. The number of rotatable bonds is 4. The number of carbonyl (C=O) groups excluding carboxylic acids is 2. The van der Waals surface area contributed by atoms with Crippen LogP contribution in [0.3, 0.4) is 0 Å². The Balaban J connectivity index is 2.48. The Morgan fingerprint density at radius 1 is 1.52 bits per heavy atom. The molecule has 0 saturated carbocycles. The first-order valence-electron chi connectivity index (χ1n) is 6.43. The molecular weight excluding hydrogens is 278 g/mol. The summed E-state index contributed by atoms with van der Waals surface area (Å²) in [5.41, 5.74) is -0.244. The first-order valence-corrected chi connectivity index (χ1v) is 6.43. The van der Waals surface area contributed by atoms with Gasteiger partial charge < -0.3 is 10.2 Å². The number of hydrogen-bond donors (Lipinski definition) is 2. The second-order valence-electron chi connectivity index (χ2n) is 4.54. The van der Waals surface area contributed by atoms with Crippen LogP contribution in [0.1, 0.15) is 13.8 Å². The third-order valence-corrected chi connectivity index (χ3v) is 3.10. The Morgan fingerprint density at radius 3 is 2.86 bits per heavy atom. The largest absolute Gasteiger partial charge is 0.370 e. The van der Waals surface area contributed by atoms with Crippen LogP contribution in [0, 0.1) is 10.1 Å². The maximum absolute atomic E-state index is 11.7. The van der Waals surface area contributed by atoms with Gasteiger partial charge in [0.15, 0.2) is 0 Å². The number of amides is 2. The molecule has 1 saturated heterocycles. The summed E-state index contributed by atoms with van der Waals surface area (Å²) in [6.45, 7) is 3.87. The molecule has 0 aliphatic carbocycles. The molecule has 9 heteroatoms. The van der Waals surface area contributed by atoms with E-state index in [0.29, 0.717) is 12.4 Å².